The fourth-order valence-electron chi connectivity index (χ4n) is 3.51. The molecule has 158 valence electrons. The number of hydrogen-bond donors (Lipinski definition) is 2. The number of H-pyrrole nitrogens is 1. The van der Waals surface area contributed by atoms with Crippen LogP contribution in [0.15, 0.2) is 65.6 Å². The maximum atomic E-state index is 14.7. The first kappa shape index (κ1) is 21.1. The van der Waals surface area contributed by atoms with Gasteiger partial charge in [-0.1, -0.05) is 24.3 Å². The number of hydrogen-bond acceptors (Lipinski definition) is 3. The average Bonchev–Trinajstić information content (AvgIpc) is 3.14. The third-order valence-corrected chi connectivity index (χ3v) is 6.06. The maximum Gasteiger partial charge on any atom is 0.303 e. The van der Waals surface area contributed by atoms with Gasteiger partial charge in [0.2, 0.25) is 0 Å². The van der Waals surface area contributed by atoms with Crippen LogP contribution in [0.3, 0.4) is 0 Å². The van der Waals surface area contributed by atoms with Crippen LogP contribution in [-0.4, -0.2) is 31.9 Å². The van der Waals surface area contributed by atoms with Crippen molar-refractivity contribution in [3.05, 3.63) is 72.2 Å². The van der Waals surface area contributed by atoms with Crippen molar-refractivity contribution in [2.75, 3.05) is 6.26 Å². The molecule has 1 unspecified atom stereocenters. The molecule has 2 heterocycles. The molecule has 0 aliphatic carbocycles. The number of carboxylic acid groups (broad SMARTS) is 1. The quantitative estimate of drug-likeness (QED) is 0.391. The van der Waals surface area contributed by atoms with Crippen molar-refractivity contribution in [3.8, 4) is 22.4 Å². The minimum Gasteiger partial charge on any atom is -0.612 e. The molecule has 0 spiro atoms. The Labute approximate surface area is 182 Å². The Morgan fingerprint density at radius 3 is 2.29 bits per heavy atom. The number of nitrogens with zero attached hydrogens (tertiary/aromatic N) is 1. The first-order chi connectivity index (χ1) is 14.9. The molecule has 0 bridgehead atoms. The van der Waals surface area contributed by atoms with Crippen LogP contribution in [0.25, 0.3) is 33.4 Å². The van der Waals surface area contributed by atoms with Crippen molar-refractivity contribution >= 4 is 28.2 Å². The van der Waals surface area contributed by atoms with Crippen molar-refractivity contribution in [2.45, 2.75) is 24.2 Å². The molecule has 0 radical (unpaired) electrons. The van der Waals surface area contributed by atoms with Gasteiger partial charge in [-0.3, -0.25) is 4.79 Å². The van der Waals surface area contributed by atoms with Crippen LogP contribution in [0.1, 0.15) is 18.5 Å². The summed E-state index contributed by atoms with van der Waals surface area (Å²) in [6.07, 6.45) is 2.81. The zero-order valence-electron chi connectivity index (χ0n) is 16.9. The molecular formula is C24H21FN2O3S. The topological polar surface area (TPSA) is 89.0 Å². The SMILES string of the molecule is C[S+]([O-])c1ccc(-c2ccc(-c3nc4cc(CCCC(=O)O)[nH]c4cc3F)cc2)cc1. The molecule has 31 heavy (non-hydrogen) atoms. The molecule has 5 nitrogen and oxygen atoms in total. The largest absolute Gasteiger partial charge is 0.612 e. The minimum atomic E-state index is -1.02. The highest BCUT2D eigenvalue weighted by Gasteiger charge is 2.12. The molecule has 2 N–H and O–H groups in total. The van der Waals surface area contributed by atoms with E-state index in [4.69, 9.17) is 5.11 Å². The highest BCUT2D eigenvalue weighted by molar-refractivity contribution is 7.90. The summed E-state index contributed by atoms with van der Waals surface area (Å²) in [7, 11) is 0. The Morgan fingerprint density at radius 2 is 1.68 bits per heavy atom. The van der Waals surface area contributed by atoms with E-state index in [2.05, 4.69) is 9.97 Å². The van der Waals surface area contributed by atoms with E-state index in [9.17, 15) is 13.7 Å². The Morgan fingerprint density at radius 1 is 1.06 bits per heavy atom. The van der Waals surface area contributed by atoms with Crippen LogP contribution < -0.4 is 0 Å². The Hall–Kier alpha value is -3.16. The van der Waals surface area contributed by atoms with Gasteiger partial charge in [-0.15, -0.1) is 0 Å². The molecule has 7 heteroatoms. The zero-order valence-corrected chi connectivity index (χ0v) is 17.7. The molecule has 0 fully saturated rings. The lowest BCUT2D eigenvalue weighted by Crippen LogP contribution is -1.96. The van der Waals surface area contributed by atoms with Gasteiger partial charge in [0.25, 0.3) is 0 Å². The van der Waals surface area contributed by atoms with Gasteiger partial charge in [0, 0.05) is 23.7 Å². The van der Waals surface area contributed by atoms with Crippen LogP contribution in [-0.2, 0) is 22.4 Å². The fourth-order valence-corrected chi connectivity index (χ4v) is 4.03. The van der Waals surface area contributed by atoms with Crippen molar-refractivity contribution in [1.82, 2.24) is 9.97 Å². The minimum absolute atomic E-state index is 0.0911. The molecule has 0 aliphatic rings. The van der Waals surface area contributed by atoms with Gasteiger partial charge >= 0.3 is 5.97 Å². The maximum absolute atomic E-state index is 14.7. The molecule has 4 aromatic rings. The van der Waals surface area contributed by atoms with Crippen molar-refractivity contribution in [3.63, 3.8) is 0 Å². The second-order valence-electron chi connectivity index (χ2n) is 7.35. The number of aromatic nitrogens is 2. The highest BCUT2D eigenvalue weighted by Crippen LogP contribution is 2.28. The molecule has 2 aromatic carbocycles. The van der Waals surface area contributed by atoms with Crippen molar-refractivity contribution < 1.29 is 18.8 Å². The molecule has 0 saturated carbocycles. The molecule has 1 atom stereocenters. The Kier molecular flexibility index (Phi) is 6.06. The number of nitrogens with one attached hydrogen (secondary N) is 1. The number of carbonyl (C=O) groups is 1. The van der Waals surface area contributed by atoms with E-state index in [1.165, 1.54) is 6.07 Å². The van der Waals surface area contributed by atoms with Gasteiger partial charge in [0.1, 0.15) is 11.9 Å². The monoisotopic (exact) mass is 436 g/mol. The smallest absolute Gasteiger partial charge is 0.303 e. The standard InChI is InChI=1S/C24H21FN2O3S/c1-31(30)19-11-9-16(10-12-19)15-5-7-17(8-6-15)24-20(25)14-22-21(27-24)13-18(26-22)3-2-4-23(28)29/h5-14,26H,2-4H2,1H3,(H,28,29). The Bertz CT molecular complexity index is 1220. The Balaban J connectivity index is 1.57. The van der Waals surface area contributed by atoms with E-state index in [1.54, 1.807) is 6.26 Å². The summed E-state index contributed by atoms with van der Waals surface area (Å²) < 4.78 is 26.3. The number of aryl methyl sites for hydroxylation is 1. The predicted molar refractivity (Wildman–Crippen MR) is 120 cm³/mol. The number of aromatic amines is 1. The fraction of sp³-hybridized carbons (Fsp3) is 0.167. The average molecular weight is 437 g/mol. The third-order valence-electron chi connectivity index (χ3n) is 5.13. The predicted octanol–water partition coefficient (Wildman–Crippen LogP) is 5.18. The van der Waals surface area contributed by atoms with Crippen LogP contribution in [0.4, 0.5) is 4.39 Å². The second kappa shape index (κ2) is 8.91. The molecule has 0 saturated heterocycles. The number of halogens is 1. The van der Waals surface area contributed by atoms with E-state index >= 15 is 0 Å². The van der Waals surface area contributed by atoms with Crippen molar-refractivity contribution in [2.24, 2.45) is 0 Å². The van der Waals surface area contributed by atoms with E-state index < -0.39 is 23.0 Å². The second-order valence-corrected chi connectivity index (χ2v) is 8.73. The summed E-state index contributed by atoms with van der Waals surface area (Å²) in [5.41, 5.74) is 4.98. The number of aliphatic carboxylic acids is 1. The van der Waals surface area contributed by atoms with E-state index in [-0.39, 0.29) is 12.1 Å². The first-order valence-electron chi connectivity index (χ1n) is 9.85. The lowest BCUT2D eigenvalue weighted by atomic mass is 10.0. The highest BCUT2D eigenvalue weighted by atomic mass is 32.2. The number of pyridine rings is 1. The van der Waals surface area contributed by atoms with Crippen LogP contribution in [0.2, 0.25) is 0 Å². The molecule has 4 rings (SSSR count). The van der Waals surface area contributed by atoms with Gasteiger partial charge < -0.3 is 14.6 Å². The van der Waals surface area contributed by atoms with Crippen molar-refractivity contribution in [1.29, 1.82) is 0 Å². The lowest BCUT2D eigenvalue weighted by Gasteiger charge is -2.07. The van der Waals surface area contributed by atoms with Crippen LogP contribution in [0, 0.1) is 5.82 Å². The molecular weight excluding hydrogens is 415 g/mol. The summed E-state index contributed by atoms with van der Waals surface area (Å²) in [6, 6.07) is 18.3. The normalized spacial score (nSPS) is 12.2. The van der Waals surface area contributed by atoms with Gasteiger partial charge in [-0.05, 0) is 65.5 Å². The summed E-state index contributed by atoms with van der Waals surface area (Å²) in [5, 5.41) is 8.77. The summed E-state index contributed by atoms with van der Waals surface area (Å²) >= 11 is -1.02. The number of carboxylic acids is 1. The van der Waals surface area contributed by atoms with E-state index in [1.807, 2.05) is 54.6 Å². The van der Waals surface area contributed by atoms with Gasteiger partial charge in [0.05, 0.1) is 11.0 Å². The molecule has 2 aromatic heterocycles. The summed E-state index contributed by atoms with van der Waals surface area (Å²) in [5.74, 6) is -1.25. The zero-order chi connectivity index (χ0) is 22.0. The first-order valence-corrected chi connectivity index (χ1v) is 11.4. The summed E-state index contributed by atoms with van der Waals surface area (Å²) in [4.78, 5) is 19.1. The van der Waals surface area contributed by atoms with Gasteiger partial charge in [0.15, 0.2) is 10.7 Å². The van der Waals surface area contributed by atoms with E-state index in [0.717, 1.165) is 21.7 Å². The number of rotatable bonds is 7. The van der Waals surface area contributed by atoms with Gasteiger partial charge in [-0.2, -0.15) is 0 Å². The van der Waals surface area contributed by atoms with Crippen LogP contribution in [0.5, 0.6) is 0 Å². The lowest BCUT2D eigenvalue weighted by molar-refractivity contribution is -0.137. The number of benzene rings is 2. The van der Waals surface area contributed by atoms with E-state index in [0.29, 0.717) is 29.4 Å². The van der Waals surface area contributed by atoms with Gasteiger partial charge in [-0.25, -0.2) is 9.37 Å². The molecule has 0 amide bonds. The molecule has 0 aliphatic heterocycles. The number of fused-ring (bicyclic) bond motifs is 1. The van der Waals surface area contributed by atoms with Crippen LogP contribution >= 0.6 is 0 Å². The third kappa shape index (κ3) is 4.78. The summed E-state index contributed by atoms with van der Waals surface area (Å²) in [6.45, 7) is 0.